The third kappa shape index (κ3) is 6.09. The van der Waals surface area contributed by atoms with Crippen LogP contribution in [-0.4, -0.2) is 55.7 Å². The monoisotopic (exact) mass is 511 g/mol. The van der Waals surface area contributed by atoms with Crippen molar-refractivity contribution in [2.75, 3.05) is 25.0 Å². The summed E-state index contributed by atoms with van der Waals surface area (Å²) in [6.07, 6.45) is 9.75. The molecule has 4 aromatic rings. The number of amides is 1. The zero-order valence-electron chi connectivity index (χ0n) is 20.8. The molecule has 9 nitrogen and oxygen atoms in total. The van der Waals surface area contributed by atoms with E-state index >= 15 is 0 Å². The van der Waals surface area contributed by atoms with Crippen LogP contribution in [0.5, 0.6) is 5.75 Å². The molecule has 0 spiro atoms. The highest BCUT2D eigenvalue weighted by Gasteiger charge is 2.16. The van der Waals surface area contributed by atoms with Crippen molar-refractivity contribution in [2.24, 2.45) is 0 Å². The number of carbonyl (C=O) groups excluding carboxylic acids is 1. The lowest BCUT2D eigenvalue weighted by Crippen LogP contribution is -2.24. The summed E-state index contributed by atoms with van der Waals surface area (Å²) in [7, 11) is 0. The molecule has 38 heavy (non-hydrogen) atoms. The number of ether oxygens (including phenoxy) is 1. The molecule has 3 heterocycles. The van der Waals surface area contributed by atoms with Crippen LogP contribution < -0.4 is 10.1 Å². The molecule has 10 heteroatoms. The number of hydrogen-bond acceptors (Lipinski definition) is 7. The number of benzene rings is 2. The third-order valence-electron chi connectivity index (χ3n) is 5.98. The predicted octanol–water partition coefficient (Wildman–Crippen LogP) is 4.32. The maximum Gasteiger partial charge on any atom is 0.296 e. The van der Waals surface area contributed by atoms with Gasteiger partial charge >= 0.3 is 0 Å². The Bertz CT molecular complexity index is 1500. The van der Waals surface area contributed by atoms with E-state index in [0.29, 0.717) is 29.5 Å². The molecule has 2 aromatic heterocycles. The summed E-state index contributed by atoms with van der Waals surface area (Å²) < 4.78 is 19.9. The molecule has 1 aliphatic rings. The Balaban J connectivity index is 1.24. The lowest BCUT2D eigenvalue weighted by molar-refractivity contribution is 0.101. The second-order valence-electron chi connectivity index (χ2n) is 8.71. The van der Waals surface area contributed by atoms with Gasteiger partial charge in [-0.2, -0.15) is 0 Å². The zero-order valence-corrected chi connectivity index (χ0v) is 20.8. The van der Waals surface area contributed by atoms with Gasteiger partial charge in [-0.1, -0.05) is 36.4 Å². The molecule has 1 aliphatic heterocycles. The molecule has 0 saturated heterocycles. The molecule has 0 atom stereocenters. The van der Waals surface area contributed by atoms with Gasteiger partial charge in [-0.05, 0) is 48.5 Å². The van der Waals surface area contributed by atoms with Gasteiger partial charge in [-0.15, -0.1) is 5.10 Å². The third-order valence-corrected chi connectivity index (χ3v) is 5.98. The van der Waals surface area contributed by atoms with Crippen LogP contribution in [0.2, 0.25) is 0 Å². The van der Waals surface area contributed by atoms with E-state index in [2.05, 4.69) is 41.4 Å². The van der Waals surface area contributed by atoms with Gasteiger partial charge in [0.2, 0.25) is 5.82 Å². The van der Waals surface area contributed by atoms with Crippen molar-refractivity contribution in [3.63, 3.8) is 0 Å². The van der Waals surface area contributed by atoms with Crippen molar-refractivity contribution in [1.82, 2.24) is 30.0 Å². The van der Waals surface area contributed by atoms with Crippen LogP contribution in [0.25, 0.3) is 11.3 Å². The minimum Gasteiger partial charge on any atom is -0.492 e. The molecule has 1 amide bonds. The van der Waals surface area contributed by atoms with Gasteiger partial charge in [-0.25, -0.2) is 19.3 Å². The van der Waals surface area contributed by atoms with Gasteiger partial charge in [0, 0.05) is 24.6 Å². The van der Waals surface area contributed by atoms with Crippen molar-refractivity contribution < 1.29 is 13.9 Å². The van der Waals surface area contributed by atoms with Crippen LogP contribution in [-0.2, 0) is 6.42 Å². The van der Waals surface area contributed by atoms with Crippen LogP contribution in [0.15, 0.2) is 79.3 Å². The van der Waals surface area contributed by atoms with E-state index in [4.69, 9.17) is 4.74 Å². The Morgan fingerprint density at radius 1 is 1.16 bits per heavy atom. The first-order valence-corrected chi connectivity index (χ1v) is 12.1. The van der Waals surface area contributed by atoms with E-state index in [1.54, 1.807) is 24.3 Å². The second-order valence-corrected chi connectivity index (χ2v) is 8.71. The Kier molecular flexibility index (Phi) is 7.49. The summed E-state index contributed by atoms with van der Waals surface area (Å²) in [6.45, 7) is 4.17. The number of aromatic nitrogens is 5. The maximum atomic E-state index is 13.9. The molecule has 0 fully saturated rings. The van der Waals surface area contributed by atoms with Crippen molar-refractivity contribution in [2.45, 2.75) is 13.3 Å². The quantitative estimate of drug-likeness (QED) is 0.345. The van der Waals surface area contributed by atoms with Gasteiger partial charge < -0.3 is 15.0 Å². The van der Waals surface area contributed by atoms with Crippen molar-refractivity contribution in [3.8, 4) is 17.0 Å². The van der Waals surface area contributed by atoms with Crippen LogP contribution in [0.3, 0.4) is 0 Å². The number of aromatic amines is 1. The number of H-pyrrole nitrogens is 1. The number of halogens is 1. The summed E-state index contributed by atoms with van der Waals surface area (Å²) in [5.74, 6) is 0.461. The average molecular weight is 512 g/mol. The highest BCUT2D eigenvalue weighted by molar-refractivity contribution is 6.01. The van der Waals surface area contributed by atoms with Gasteiger partial charge in [-0.3, -0.25) is 9.89 Å². The van der Waals surface area contributed by atoms with Crippen LogP contribution >= 0.6 is 0 Å². The smallest absolute Gasteiger partial charge is 0.296 e. The molecule has 2 N–H and O–H groups in total. The summed E-state index contributed by atoms with van der Waals surface area (Å²) in [5.41, 5.74) is 2.96. The van der Waals surface area contributed by atoms with E-state index in [1.165, 1.54) is 12.4 Å². The standard InChI is InChI=1S/C28H26FN7O2/c1-19-9-10-21(38-14-13-36-11-5-2-6-12-36)16-22(19)24-17-25(31-18-30-24)33-28(37)27-32-26(34-35-27)15-20-7-3-4-8-23(20)29/h2-11,16-18H,12-15H2,1H3,(H,32,34,35)(H,30,31,33,37). The topological polar surface area (TPSA) is 109 Å². The van der Waals surface area contributed by atoms with Gasteiger partial charge in [0.1, 0.15) is 36.1 Å². The molecule has 5 rings (SSSR count). The minimum atomic E-state index is -0.541. The molecule has 0 aliphatic carbocycles. The minimum absolute atomic E-state index is 0.0675. The number of aryl methyl sites for hydroxylation is 1. The number of nitrogens with one attached hydrogen (secondary N) is 2. The van der Waals surface area contributed by atoms with Crippen molar-refractivity contribution >= 4 is 11.7 Å². The summed E-state index contributed by atoms with van der Waals surface area (Å²) >= 11 is 0. The molecule has 2 aromatic carbocycles. The fourth-order valence-corrected chi connectivity index (χ4v) is 3.96. The van der Waals surface area contributed by atoms with Gasteiger partial charge in [0.25, 0.3) is 5.91 Å². The SMILES string of the molecule is Cc1ccc(OCCN2C=CC=CC2)cc1-c1cc(NC(=O)c2n[nH]c(Cc3ccccc3F)n2)ncn1. The largest absolute Gasteiger partial charge is 0.492 e. The molecule has 0 radical (unpaired) electrons. The molecular formula is C28H26FN7O2. The van der Waals surface area contributed by atoms with Crippen LogP contribution in [0, 0.1) is 12.7 Å². The van der Waals surface area contributed by atoms with Crippen molar-refractivity contribution in [1.29, 1.82) is 0 Å². The Morgan fingerprint density at radius 3 is 2.89 bits per heavy atom. The number of rotatable bonds is 9. The molecular weight excluding hydrogens is 485 g/mol. The molecule has 0 saturated carbocycles. The van der Waals surface area contributed by atoms with Crippen molar-refractivity contribution in [3.05, 3.63) is 108 Å². The number of nitrogens with zero attached hydrogens (tertiary/aromatic N) is 5. The Labute approximate surface area is 219 Å². The first kappa shape index (κ1) is 24.8. The highest BCUT2D eigenvalue weighted by Crippen LogP contribution is 2.27. The van der Waals surface area contributed by atoms with E-state index < -0.39 is 5.91 Å². The van der Waals surface area contributed by atoms with Gasteiger partial charge in [0.15, 0.2) is 0 Å². The van der Waals surface area contributed by atoms with Gasteiger partial charge in [0.05, 0.1) is 12.2 Å². The lowest BCUT2D eigenvalue weighted by Gasteiger charge is -2.20. The summed E-state index contributed by atoms with van der Waals surface area (Å²) in [5, 5.41) is 9.36. The lowest BCUT2D eigenvalue weighted by atomic mass is 10.1. The van der Waals surface area contributed by atoms with E-state index in [0.717, 1.165) is 30.0 Å². The maximum absolute atomic E-state index is 13.9. The number of hydrogen-bond donors (Lipinski definition) is 2. The molecule has 192 valence electrons. The summed E-state index contributed by atoms with van der Waals surface area (Å²) in [6, 6.07) is 13.9. The van der Waals surface area contributed by atoms with Crippen LogP contribution in [0.1, 0.15) is 27.6 Å². The zero-order chi connectivity index (χ0) is 26.3. The Morgan fingerprint density at radius 2 is 2.05 bits per heavy atom. The highest BCUT2D eigenvalue weighted by atomic mass is 19.1. The summed E-state index contributed by atoms with van der Waals surface area (Å²) in [4.78, 5) is 27.7. The molecule has 0 bridgehead atoms. The first-order valence-electron chi connectivity index (χ1n) is 12.1. The van der Waals surface area contributed by atoms with E-state index in [-0.39, 0.29) is 18.1 Å². The fraction of sp³-hybridized carbons (Fsp3) is 0.179. The normalized spacial score (nSPS) is 12.5. The number of anilines is 1. The fourth-order valence-electron chi connectivity index (χ4n) is 3.96. The number of allylic oxidation sites excluding steroid dienone is 2. The average Bonchev–Trinajstić information content (AvgIpc) is 3.40. The second kappa shape index (κ2) is 11.5. The predicted molar refractivity (Wildman–Crippen MR) is 141 cm³/mol. The number of carbonyl (C=O) groups is 1. The molecule has 0 unspecified atom stereocenters. The van der Waals surface area contributed by atoms with Crippen LogP contribution in [0.4, 0.5) is 10.2 Å². The Hall–Kier alpha value is -4.86. The first-order chi connectivity index (χ1) is 18.5. The van der Waals surface area contributed by atoms with E-state index in [1.807, 2.05) is 43.5 Å². The van der Waals surface area contributed by atoms with E-state index in [9.17, 15) is 9.18 Å².